The average Bonchev–Trinajstić information content (AvgIpc) is 2.95. The second kappa shape index (κ2) is 11.7. The molecule has 7 nitrogen and oxygen atoms in total. The van der Waals surface area contributed by atoms with Crippen molar-refractivity contribution in [2.24, 2.45) is 11.1 Å². The molecule has 1 aliphatic carbocycles. The standard InChI is InChI=1S/C29H36N4O3/c30-20-23-9-4-5-10-25(23)26(22-7-2-1-3-8-22)19-24(21-31-34)32-13-15-33(16-14-32)27-11-6-12-28-29(27)36-18-17-35-28/h4-6,9-12,21-22,24,26,34H,1-3,7-8,13-19H2/b31-21+. The first-order valence-electron chi connectivity index (χ1n) is 13.3. The molecular weight excluding hydrogens is 452 g/mol. The molecule has 5 rings (SSSR count). The zero-order valence-corrected chi connectivity index (χ0v) is 20.9. The SMILES string of the molecule is N#Cc1ccccc1C(CC(/C=N/O)N1CCN(c2cccc3c2OCCO3)CC1)C1CCCCC1. The number of rotatable bonds is 7. The van der Waals surface area contributed by atoms with E-state index in [1.165, 1.54) is 32.1 Å². The van der Waals surface area contributed by atoms with Crippen LogP contribution in [0.2, 0.25) is 0 Å². The summed E-state index contributed by atoms with van der Waals surface area (Å²) in [6, 6.07) is 16.6. The van der Waals surface area contributed by atoms with Crippen LogP contribution in [0.5, 0.6) is 11.5 Å². The van der Waals surface area contributed by atoms with Gasteiger partial charge in [0.1, 0.15) is 13.2 Å². The molecule has 1 saturated carbocycles. The van der Waals surface area contributed by atoms with Crippen molar-refractivity contribution >= 4 is 11.9 Å². The highest BCUT2D eigenvalue weighted by molar-refractivity contribution is 5.66. The number of benzene rings is 2. The van der Waals surface area contributed by atoms with Crippen LogP contribution in [0, 0.1) is 17.2 Å². The maximum atomic E-state index is 9.82. The van der Waals surface area contributed by atoms with Crippen LogP contribution in [0.4, 0.5) is 5.69 Å². The minimum absolute atomic E-state index is 0.0140. The van der Waals surface area contributed by atoms with Gasteiger partial charge in [0, 0.05) is 32.2 Å². The molecule has 2 aromatic rings. The van der Waals surface area contributed by atoms with Gasteiger partial charge in [0.2, 0.25) is 0 Å². The lowest BCUT2D eigenvalue weighted by molar-refractivity contribution is 0.170. The summed E-state index contributed by atoms with van der Waals surface area (Å²) in [5.41, 5.74) is 3.01. The van der Waals surface area contributed by atoms with Gasteiger partial charge in [-0.25, -0.2) is 0 Å². The first kappa shape index (κ1) is 24.5. The molecule has 3 aliphatic rings. The topological polar surface area (TPSA) is 81.3 Å². The zero-order valence-electron chi connectivity index (χ0n) is 20.9. The molecular formula is C29H36N4O3. The highest BCUT2D eigenvalue weighted by atomic mass is 16.6. The quantitative estimate of drug-likeness (QED) is 0.334. The molecule has 36 heavy (non-hydrogen) atoms. The Kier molecular flexibility index (Phi) is 7.92. The Labute approximate surface area is 213 Å². The Morgan fingerprint density at radius 3 is 2.56 bits per heavy atom. The van der Waals surface area contributed by atoms with Gasteiger partial charge in [0.15, 0.2) is 11.5 Å². The van der Waals surface area contributed by atoms with E-state index in [1.54, 1.807) is 6.21 Å². The van der Waals surface area contributed by atoms with Crippen LogP contribution in [0.25, 0.3) is 0 Å². The van der Waals surface area contributed by atoms with Gasteiger partial charge in [-0.1, -0.05) is 43.5 Å². The molecule has 2 unspecified atom stereocenters. The van der Waals surface area contributed by atoms with Crippen LogP contribution >= 0.6 is 0 Å². The minimum Gasteiger partial charge on any atom is -0.486 e. The van der Waals surface area contributed by atoms with Crippen LogP contribution in [0.3, 0.4) is 0 Å². The number of para-hydroxylation sites is 1. The molecule has 2 aliphatic heterocycles. The van der Waals surface area contributed by atoms with E-state index < -0.39 is 0 Å². The second-order valence-electron chi connectivity index (χ2n) is 10.1. The molecule has 7 heteroatoms. The van der Waals surface area contributed by atoms with E-state index in [4.69, 9.17) is 9.47 Å². The van der Waals surface area contributed by atoms with Gasteiger partial charge >= 0.3 is 0 Å². The first-order chi connectivity index (χ1) is 17.8. The average molecular weight is 489 g/mol. The van der Waals surface area contributed by atoms with Crippen LogP contribution in [-0.2, 0) is 0 Å². The molecule has 190 valence electrons. The molecule has 0 aromatic heterocycles. The monoisotopic (exact) mass is 488 g/mol. The lowest BCUT2D eigenvalue weighted by atomic mass is 9.73. The van der Waals surface area contributed by atoms with Crippen molar-refractivity contribution in [3.05, 3.63) is 53.6 Å². The normalized spacial score (nSPS) is 20.7. The van der Waals surface area contributed by atoms with Gasteiger partial charge in [0.25, 0.3) is 0 Å². The fraction of sp³-hybridized carbons (Fsp3) is 0.517. The molecule has 1 N–H and O–H groups in total. The van der Waals surface area contributed by atoms with E-state index in [-0.39, 0.29) is 12.0 Å². The molecule has 2 atom stereocenters. The fourth-order valence-electron chi connectivity index (χ4n) is 6.28. The summed E-state index contributed by atoms with van der Waals surface area (Å²) in [6.07, 6.45) is 8.74. The van der Waals surface area contributed by atoms with Gasteiger partial charge in [-0.05, 0) is 54.9 Å². The number of piperazine rings is 1. The van der Waals surface area contributed by atoms with E-state index in [1.807, 2.05) is 30.3 Å². The maximum Gasteiger partial charge on any atom is 0.184 e. The Balaban J connectivity index is 1.33. The van der Waals surface area contributed by atoms with E-state index in [9.17, 15) is 10.5 Å². The van der Waals surface area contributed by atoms with Crippen molar-refractivity contribution in [3.8, 4) is 17.6 Å². The summed E-state index contributed by atoms with van der Waals surface area (Å²) in [4.78, 5) is 4.79. The third kappa shape index (κ3) is 5.29. The number of oxime groups is 1. The van der Waals surface area contributed by atoms with Gasteiger partial charge in [-0.2, -0.15) is 5.26 Å². The number of hydrogen-bond donors (Lipinski definition) is 1. The Morgan fingerprint density at radius 1 is 1.00 bits per heavy atom. The predicted octanol–water partition coefficient (Wildman–Crippen LogP) is 5.03. The predicted molar refractivity (Wildman–Crippen MR) is 140 cm³/mol. The van der Waals surface area contributed by atoms with Crippen molar-refractivity contribution in [1.82, 2.24) is 4.90 Å². The smallest absolute Gasteiger partial charge is 0.184 e. The van der Waals surface area contributed by atoms with Crippen molar-refractivity contribution < 1.29 is 14.7 Å². The van der Waals surface area contributed by atoms with E-state index in [0.717, 1.165) is 60.9 Å². The largest absolute Gasteiger partial charge is 0.486 e. The number of fused-ring (bicyclic) bond motifs is 1. The van der Waals surface area contributed by atoms with Gasteiger partial charge < -0.3 is 19.6 Å². The van der Waals surface area contributed by atoms with Crippen LogP contribution < -0.4 is 14.4 Å². The van der Waals surface area contributed by atoms with Crippen molar-refractivity contribution in [2.45, 2.75) is 50.5 Å². The number of anilines is 1. The third-order valence-corrected chi connectivity index (χ3v) is 8.10. The fourth-order valence-corrected chi connectivity index (χ4v) is 6.28. The molecule has 0 amide bonds. The molecule has 2 aromatic carbocycles. The van der Waals surface area contributed by atoms with Crippen molar-refractivity contribution in [3.63, 3.8) is 0 Å². The van der Waals surface area contributed by atoms with Crippen molar-refractivity contribution in [1.29, 1.82) is 5.26 Å². The summed E-state index contributed by atoms with van der Waals surface area (Å²) >= 11 is 0. The molecule has 2 heterocycles. The van der Waals surface area contributed by atoms with Crippen LogP contribution in [0.1, 0.15) is 55.6 Å². The van der Waals surface area contributed by atoms with E-state index in [2.05, 4.69) is 33.2 Å². The maximum absolute atomic E-state index is 9.82. The van der Waals surface area contributed by atoms with E-state index in [0.29, 0.717) is 19.1 Å². The minimum atomic E-state index is 0.0140. The van der Waals surface area contributed by atoms with Gasteiger partial charge in [0.05, 0.1) is 23.5 Å². The molecule has 2 fully saturated rings. The molecule has 0 spiro atoms. The Hall–Kier alpha value is -3.24. The number of hydrogen-bond acceptors (Lipinski definition) is 7. The molecule has 1 saturated heterocycles. The summed E-state index contributed by atoms with van der Waals surface area (Å²) in [7, 11) is 0. The second-order valence-corrected chi connectivity index (χ2v) is 10.1. The highest BCUT2D eigenvalue weighted by Gasteiger charge is 2.33. The van der Waals surface area contributed by atoms with E-state index >= 15 is 0 Å². The summed E-state index contributed by atoms with van der Waals surface area (Å²) in [6.45, 7) is 4.60. The Bertz CT molecular complexity index is 1080. The molecule has 0 bridgehead atoms. The number of nitrogens with zero attached hydrogens (tertiary/aromatic N) is 4. The summed E-state index contributed by atoms with van der Waals surface area (Å²) < 4.78 is 11.7. The summed E-state index contributed by atoms with van der Waals surface area (Å²) in [5.74, 6) is 2.49. The van der Waals surface area contributed by atoms with Gasteiger partial charge in [-0.3, -0.25) is 4.90 Å². The van der Waals surface area contributed by atoms with Crippen LogP contribution in [-0.4, -0.2) is 61.8 Å². The first-order valence-corrected chi connectivity index (χ1v) is 13.3. The number of ether oxygens (including phenoxy) is 2. The lowest BCUT2D eigenvalue weighted by Crippen LogP contribution is -2.51. The van der Waals surface area contributed by atoms with Gasteiger partial charge in [-0.15, -0.1) is 5.16 Å². The zero-order chi connectivity index (χ0) is 24.7. The lowest BCUT2D eigenvalue weighted by Gasteiger charge is -2.41. The molecule has 0 radical (unpaired) electrons. The highest BCUT2D eigenvalue weighted by Crippen LogP contribution is 2.42. The third-order valence-electron chi connectivity index (χ3n) is 8.10. The Morgan fingerprint density at radius 2 is 1.78 bits per heavy atom. The van der Waals surface area contributed by atoms with Crippen molar-refractivity contribution in [2.75, 3.05) is 44.3 Å². The summed E-state index contributed by atoms with van der Waals surface area (Å²) in [5, 5.41) is 22.9. The van der Waals surface area contributed by atoms with Crippen LogP contribution in [0.15, 0.2) is 47.6 Å². The number of nitriles is 1.